The van der Waals surface area contributed by atoms with Gasteiger partial charge >= 0.3 is 5.97 Å². The predicted octanol–water partition coefficient (Wildman–Crippen LogP) is 3.49. The molecule has 0 spiro atoms. The van der Waals surface area contributed by atoms with Crippen LogP contribution < -0.4 is 4.74 Å². The van der Waals surface area contributed by atoms with E-state index in [1.165, 1.54) is 6.08 Å². The molecule has 0 atom stereocenters. The van der Waals surface area contributed by atoms with Crippen LogP contribution in [-0.4, -0.2) is 17.7 Å². The highest BCUT2D eigenvalue weighted by atomic mass is 35.5. The zero-order valence-corrected chi connectivity index (χ0v) is 10.0. The van der Waals surface area contributed by atoms with E-state index in [4.69, 9.17) is 33.0 Å². The average Bonchev–Trinajstić information content (AvgIpc) is 2.20. The molecule has 1 rings (SSSR count). The van der Waals surface area contributed by atoms with Crippen molar-refractivity contribution in [2.75, 3.05) is 6.61 Å². The fourth-order valence-corrected chi connectivity index (χ4v) is 1.74. The van der Waals surface area contributed by atoms with Crippen LogP contribution in [0.4, 0.5) is 0 Å². The van der Waals surface area contributed by atoms with Gasteiger partial charge in [0.25, 0.3) is 0 Å². The van der Waals surface area contributed by atoms with Gasteiger partial charge in [-0.3, -0.25) is 0 Å². The van der Waals surface area contributed by atoms with Crippen LogP contribution in [0.2, 0.25) is 10.0 Å². The second kappa shape index (κ2) is 5.77. The van der Waals surface area contributed by atoms with Crippen molar-refractivity contribution in [2.24, 2.45) is 0 Å². The Morgan fingerprint density at radius 2 is 2.00 bits per heavy atom. The fourth-order valence-electron chi connectivity index (χ4n) is 1.13. The first-order valence-corrected chi connectivity index (χ1v) is 5.33. The van der Waals surface area contributed by atoms with Crippen molar-refractivity contribution >= 4 is 35.2 Å². The minimum Gasteiger partial charge on any atom is -0.491 e. The molecule has 0 saturated heterocycles. The molecule has 0 aliphatic carbocycles. The van der Waals surface area contributed by atoms with Crippen molar-refractivity contribution in [3.05, 3.63) is 33.8 Å². The van der Waals surface area contributed by atoms with E-state index < -0.39 is 5.97 Å². The third-order valence-electron chi connectivity index (χ3n) is 1.73. The van der Waals surface area contributed by atoms with Crippen LogP contribution in [0.15, 0.2) is 18.2 Å². The molecule has 0 amide bonds. The lowest BCUT2D eigenvalue weighted by molar-refractivity contribution is -0.131. The summed E-state index contributed by atoms with van der Waals surface area (Å²) >= 11 is 11.9. The van der Waals surface area contributed by atoms with Crippen molar-refractivity contribution in [2.45, 2.75) is 6.92 Å². The Labute approximate surface area is 103 Å². The number of rotatable bonds is 4. The molecule has 0 aliphatic rings. The zero-order chi connectivity index (χ0) is 12.1. The first-order chi connectivity index (χ1) is 7.54. The minimum atomic E-state index is -1.03. The molecule has 86 valence electrons. The van der Waals surface area contributed by atoms with Crippen molar-refractivity contribution in [3.63, 3.8) is 0 Å². The molecule has 0 radical (unpaired) electrons. The number of ether oxygens (including phenoxy) is 1. The van der Waals surface area contributed by atoms with E-state index in [1.54, 1.807) is 12.1 Å². The van der Waals surface area contributed by atoms with Crippen molar-refractivity contribution in [3.8, 4) is 5.75 Å². The van der Waals surface area contributed by atoms with Gasteiger partial charge in [-0.05, 0) is 30.7 Å². The van der Waals surface area contributed by atoms with E-state index in [9.17, 15) is 4.79 Å². The van der Waals surface area contributed by atoms with Gasteiger partial charge in [0.15, 0.2) is 5.75 Å². The number of carboxylic acids is 1. The van der Waals surface area contributed by atoms with Crippen LogP contribution in [0.25, 0.3) is 6.08 Å². The summed E-state index contributed by atoms with van der Waals surface area (Å²) in [5.41, 5.74) is 0.612. The van der Waals surface area contributed by atoms with Gasteiger partial charge in [-0.1, -0.05) is 23.2 Å². The number of benzene rings is 1. The number of carbonyl (C=O) groups is 1. The third kappa shape index (κ3) is 3.43. The maximum Gasteiger partial charge on any atom is 0.328 e. The van der Waals surface area contributed by atoms with Crippen LogP contribution in [0.1, 0.15) is 12.5 Å². The van der Waals surface area contributed by atoms with E-state index in [0.717, 1.165) is 6.08 Å². The van der Waals surface area contributed by atoms with Gasteiger partial charge in [0.05, 0.1) is 16.7 Å². The summed E-state index contributed by atoms with van der Waals surface area (Å²) in [4.78, 5) is 10.3. The maximum atomic E-state index is 10.3. The summed E-state index contributed by atoms with van der Waals surface area (Å²) in [6.45, 7) is 2.29. The summed E-state index contributed by atoms with van der Waals surface area (Å²) in [6, 6.07) is 3.19. The first-order valence-electron chi connectivity index (χ1n) is 4.57. The Balaban J connectivity index is 3.04. The fraction of sp³-hybridized carbons (Fsp3) is 0.182. The Kier molecular flexibility index (Phi) is 4.65. The molecule has 0 saturated carbocycles. The van der Waals surface area contributed by atoms with Gasteiger partial charge in [0, 0.05) is 6.08 Å². The lowest BCUT2D eigenvalue weighted by Crippen LogP contribution is -1.93. The molecule has 0 fully saturated rings. The van der Waals surface area contributed by atoms with Crippen molar-refractivity contribution < 1.29 is 14.6 Å². The average molecular weight is 261 g/mol. The van der Waals surface area contributed by atoms with Crippen LogP contribution >= 0.6 is 23.2 Å². The van der Waals surface area contributed by atoms with Gasteiger partial charge in [-0.15, -0.1) is 0 Å². The number of hydrogen-bond acceptors (Lipinski definition) is 2. The lowest BCUT2D eigenvalue weighted by Gasteiger charge is -2.08. The number of carboxylic acid groups (broad SMARTS) is 1. The molecule has 0 unspecified atom stereocenters. The molecule has 16 heavy (non-hydrogen) atoms. The summed E-state index contributed by atoms with van der Waals surface area (Å²) in [6.07, 6.45) is 2.43. The van der Waals surface area contributed by atoms with E-state index in [2.05, 4.69) is 0 Å². The molecule has 1 aromatic carbocycles. The van der Waals surface area contributed by atoms with Crippen LogP contribution in [0.5, 0.6) is 5.75 Å². The minimum absolute atomic E-state index is 0.361. The Hall–Kier alpha value is -1.19. The number of aliphatic carboxylic acids is 1. The van der Waals surface area contributed by atoms with E-state index >= 15 is 0 Å². The van der Waals surface area contributed by atoms with Crippen LogP contribution in [-0.2, 0) is 4.79 Å². The highest BCUT2D eigenvalue weighted by Crippen LogP contribution is 2.34. The number of hydrogen-bond donors (Lipinski definition) is 1. The molecular formula is C11H10Cl2O3. The van der Waals surface area contributed by atoms with Gasteiger partial charge in [-0.25, -0.2) is 4.79 Å². The zero-order valence-electron chi connectivity index (χ0n) is 8.54. The summed E-state index contributed by atoms with van der Waals surface area (Å²) in [7, 11) is 0. The van der Waals surface area contributed by atoms with Crippen molar-refractivity contribution in [1.29, 1.82) is 0 Å². The topological polar surface area (TPSA) is 46.5 Å². The molecule has 3 nitrogen and oxygen atoms in total. The van der Waals surface area contributed by atoms with E-state index in [1.807, 2.05) is 6.92 Å². The van der Waals surface area contributed by atoms with Crippen LogP contribution in [0, 0.1) is 0 Å². The molecule has 1 N–H and O–H groups in total. The molecule has 5 heteroatoms. The Morgan fingerprint density at radius 1 is 1.44 bits per heavy atom. The lowest BCUT2D eigenvalue weighted by atomic mass is 10.2. The molecular weight excluding hydrogens is 251 g/mol. The van der Waals surface area contributed by atoms with Gasteiger partial charge in [-0.2, -0.15) is 0 Å². The highest BCUT2D eigenvalue weighted by Gasteiger charge is 2.08. The molecule has 0 aromatic heterocycles. The normalized spacial score (nSPS) is 10.7. The molecule has 0 bridgehead atoms. The Bertz CT molecular complexity index is 404. The summed E-state index contributed by atoms with van der Waals surface area (Å²) in [5.74, 6) is -0.612. The van der Waals surface area contributed by atoms with Gasteiger partial charge in [0.2, 0.25) is 0 Å². The van der Waals surface area contributed by atoms with Crippen LogP contribution in [0.3, 0.4) is 0 Å². The van der Waals surface area contributed by atoms with E-state index in [-0.39, 0.29) is 0 Å². The van der Waals surface area contributed by atoms with E-state index in [0.29, 0.717) is 28.0 Å². The quantitative estimate of drug-likeness (QED) is 0.844. The summed E-state index contributed by atoms with van der Waals surface area (Å²) in [5, 5.41) is 9.20. The summed E-state index contributed by atoms with van der Waals surface area (Å²) < 4.78 is 5.24. The Morgan fingerprint density at radius 3 is 2.44 bits per heavy atom. The number of halogens is 2. The predicted molar refractivity (Wildman–Crippen MR) is 64.3 cm³/mol. The SMILES string of the molecule is CCOc1c(Cl)cc(C=CC(=O)O)cc1Cl. The van der Waals surface area contributed by atoms with Gasteiger partial charge in [0.1, 0.15) is 0 Å². The second-order valence-electron chi connectivity index (χ2n) is 2.92. The third-order valence-corrected chi connectivity index (χ3v) is 2.29. The second-order valence-corrected chi connectivity index (χ2v) is 3.73. The van der Waals surface area contributed by atoms with Crippen molar-refractivity contribution in [1.82, 2.24) is 0 Å². The maximum absolute atomic E-state index is 10.3. The standard InChI is InChI=1S/C11H10Cl2O3/c1-2-16-11-8(12)5-7(6-9(11)13)3-4-10(14)15/h3-6H,2H2,1H3,(H,14,15). The highest BCUT2D eigenvalue weighted by molar-refractivity contribution is 6.37. The largest absolute Gasteiger partial charge is 0.491 e. The van der Waals surface area contributed by atoms with Gasteiger partial charge < -0.3 is 9.84 Å². The molecule has 0 aliphatic heterocycles. The molecule has 1 aromatic rings. The first kappa shape index (κ1) is 12.9. The monoisotopic (exact) mass is 260 g/mol. The smallest absolute Gasteiger partial charge is 0.328 e. The molecule has 0 heterocycles.